The Morgan fingerprint density at radius 3 is 2.59 bits per heavy atom. The van der Waals surface area contributed by atoms with E-state index >= 15 is 0 Å². The molecule has 0 radical (unpaired) electrons. The number of amides is 1. The number of carbonyl (C=O) groups excluding carboxylic acids is 1. The summed E-state index contributed by atoms with van der Waals surface area (Å²) in [6.45, 7) is 0. The number of imidazole rings is 1. The van der Waals surface area contributed by atoms with E-state index in [9.17, 15) is 14.9 Å². The maximum absolute atomic E-state index is 12.7. The molecule has 1 aromatic heterocycles. The average molecular weight is 368 g/mol. The molecule has 0 aliphatic carbocycles. The Labute approximate surface area is 154 Å². The topological polar surface area (TPSA) is 109 Å². The van der Waals surface area contributed by atoms with Crippen molar-refractivity contribution in [3.05, 3.63) is 70.8 Å². The highest BCUT2D eigenvalue weighted by atomic mass is 16.6. The van der Waals surface area contributed by atoms with Crippen LogP contribution < -0.4 is 14.8 Å². The molecule has 2 aromatic carbocycles. The first-order chi connectivity index (χ1) is 13.0. The van der Waals surface area contributed by atoms with Crippen LogP contribution in [0.5, 0.6) is 11.5 Å². The van der Waals surface area contributed by atoms with E-state index in [-0.39, 0.29) is 22.7 Å². The molecule has 9 nitrogen and oxygen atoms in total. The minimum atomic E-state index is -0.616. The first kappa shape index (κ1) is 17.9. The number of hydrogen-bond donors (Lipinski definition) is 1. The van der Waals surface area contributed by atoms with Crippen LogP contribution in [0.1, 0.15) is 10.4 Å². The Balaban J connectivity index is 1.93. The summed E-state index contributed by atoms with van der Waals surface area (Å²) in [7, 11) is 2.68. The van der Waals surface area contributed by atoms with Gasteiger partial charge in [0.15, 0.2) is 0 Å². The molecule has 1 heterocycles. The average Bonchev–Trinajstić information content (AvgIpc) is 3.21. The standard InChI is InChI=1S/C18H16N4O5/c1-26-16-10-17(27-2)15(22(24)25)9-14(16)18(23)20-12-4-3-5-13(8-12)21-7-6-19-11-21/h3-11H,1-2H3,(H,20,23). The third-order valence-corrected chi connectivity index (χ3v) is 3.85. The van der Waals surface area contributed by atoms with Crippen LogP contribution in [0.25, 0.3) is 5.69 Å². The van der Waals surface area contributed by atoms with Crippen molar-refractivity contribution < 1.29 is 19.2 Å². The number of hydrogen-bond acceptors (Lipinski definition) is 6. The molecule has 9 heteroatoms. The molecule has 138 valence electrons. The van der Waals surface area contributed by atoms with Crippen LogP contribution in [0.4, 0.5) is 11.4 Å². The van der Waals surface area contributed by atoms with Gasteiger partial charge in [0.05, 0.1) is 31.0 Å². The van der Waals surface area contributed by atoms with Gasteiger partial charge in [0.2, 0.25) is 5.75 Å². The summed E-state index contributed by atoms with van der Waals surface area (Å²) >= 11 is 0. The third-order valence-electron chi connectivity index (χ3n) is 3.85. The van der Waals surface area contributed by atoms with Crippen LogP contribution in [0, 0.1) is 10.1 Å². The second-order valence-corrected chi connectivity index (χ2v) is 5.46. The number of nitro benzene ring substituents is 1. The molecule has 0 saturated heterocycles. The fourth-order valence-corrected chi connectivity index (χ4v) is 2.56. The first-order valence-corrected chi connectivity index (χ1v) is 7.83. The molecule has 1 amide bonds. The number of methoxy groups -OCH3 is 2. The molecule has 0 fully saturated rings. The molecule has 27 heavy (non-hydrogen) atoms. The number of rotatable bonds is 6. The summed E-state index contributed by atoms with van der Waals surface area (Å²) in [5.41, 5.74) is 1.03. The molecule has 0 aliphatic rings. The van der Waals surface area contributed by atoms with Gasteiger partial charge in [-0.3, -0.25) is 14.9 Å². The van der Waals surface area contributed by atoms with Gasteiger partial charge < -0.3 is 19.4 Å². The highest BCUT2D eigenvalue weighted by molar-refractivity contribution is 6.07. The highest BCUT2D eigenvalue weighted by Crippen LogP contribution is 2.34. The van der Waals surface area contributed by atoms with Crippen molar-refractivity contribution in [3.8, 4) is 17.2 Å². The van der Waals surface area contributed by atoms with Crippen molar-refractivity contribution in [2.75, 3.05) is 19.5 Å². The largest absolute Gasteiger partial charge is 0.496 e. The molecular formula is C18H16N4O5. The number of benzene rings is 2. The van der Waals surface area contributed by atoms with Crippen LogP contribution in [-0.2, 0) is 0 Å². The molecule has 0 atom stereocenters. The van der Waals surface area contributed by atoms with Gasteiger partial charge in [0.25, 0.3) is 5.91 Å². The van der Waals surface area contributed by atoms with Crippen LogP contribution in [-0.4, -0.2) is 34.6 Å². The van der Waals surface area contributed by atoms with E-state index in [2.05, 4.69) is 10.3 Å². The van der Waals surface area contributed by atoms with E-state index in [0.717, 1.165) is 11.8 Å². The number of aromatic nitrogens is 2. The van der Waals surface area contributed by atoms with Crippen LogP contribution in [0.2, 0.25) is 0 Å². The van der Waals surface area contributed by atoms with E-state index in [1.807, 2.05) is 6.07 Å². The first-order valence-electron chi connectivity index (χ1n) is 7.83. The van der Waals surface area contributed by atoms with Gasteiger partial charge in [-0.15, -0.1) is 0 Å². The van der Waals surface area contributed by atoms with Crippen molar-refractivity contribution >= 4 is 17.3 Å². The number of nitrogens with one attached hydrogen (secondary N) is 1. The third kappa shape index (κ3) is 3.71. The van der Waals surface area contributed by atoms with Gasteiger partial charge >= 0.3 is 5.69 Å². The van der Waals surface area contributed by atoms with Gasteiger partial charge in [-0.1, -0.05) is 6.07 Å². The lowest BCUT2D eigenvalue weighted by Gasteiger charge is -2.12. The van der Waals surface area contributed by atoms with Crippen LogP contribution >= 0.6 is 0 Å². The van der Waals surface area contributed by atoms with Gasteiger partial charge in [-0.25, -0.2) is 4.98 Å². The lowest BCUT2D eigenvalue weighted by atomic mass is 10.1. The Morgan fingerprint density at radius 1 is 1.19 bits per heavy atom. The van der Waals surface area contributed by atoms with E-state index in [1.165, 1.54) is 20.3 Å². The molecule has 0 saturated carbocycles. The van der Waals surface area contributed by atoms with Crippen LogP contribution in [0.3, 0.4) is 0 Å². The fraction of sp³-hybridized carbons (Fsp3) is 0.111. The Bertz CT molecular complexity index is 985. The summed E-state index contributed by atoms with van der Waals surface area (Å²) in [4.78, 5) is 27.3. The zero-order valence-corrected chi connectivity index (χ0v) is 14.6. The Hall–Kier alpha value is -3.88. The smallest absolute Gasteiger partial charge is 0.311 e. The minimum absolute atomic E-state index is 0.00973. The zero-order chi connectivity index (χ0) is 19.4. The van der Waals surface area contributed by atoms with Crippen molar-refractivity contribution in [2.24, 2.45) is 0 Å². The molecular weight excluding hydrogens is 352 g/mol. The number of nitrogens with zero attached hydrogens (tertiary/aromatic N) is 3. The van der Waals surface area contributed by atoms with Crippen molar-refractivity contribution in [2.45, 2.75) is 0 Å². The van der Waals surface area contributed by atoms with Gasteiger partial charge in [0, 0.05) is 35.9 Å². The van der Waals surface area contributed by atoms with Gasteiger partial charge in [-0.2, -0.15) is 0 Å². The van der Waals surface area contributed by atoms with Gasteiger partial charge in [-0.05, 0) is 18.2 Å². The van der Waals surface area contributed by atoms with Crippen LogP contribution in [0.15, 0.2) is 55.1 Å². The quantitative estimate of drug-likeness (QED) is 0.529. The lowest BCUT2D eigenvalue weighted by Crippen LogP contribution is -2.14. The zero-order valence-electron chi connectivity index (χ0n) is 14.6. The maximum Gasteiger partial charge on any atom is 0.311 e. The molecule has 0 unspecified atom stereocenters. The summed E-state index contributed by atoms with van der Waals surface area (Å²) in [5, 5.41) is 14.0. The summed E-state index contributed by atoms with van der Waals surface area (Å²) in [6, 6.07) is 9.54. The second-order valence-electron chi connectivity index (χ2n) is 5.46. The maximum atomic E-state index is 12.7. The van der Waals surface area contributed by atoms with E-state index in [1.54, 1.807) is 41.5 Å². The number of nitro groups is 1. The monoisotopic (exact) mass is 368 g/mol. The molecule has 3 aromatic rings. The predicted octanol–water partition coefficient (Wildman–Crippen LogP) is 3.05. The van der Waals surface area contributed by atoms with Crippen molar-refractivity contribution in [3.63, 3.8) is 0 Å². The predicted molar refractivity (Wildman–Crippen MR) is 97.7 cm³/mol. The Kier molecular flexibility index (Phi) is 5.02. The normalized spacial score (nSPS) is 10.3. The van der Waals surface area contributed by atoms with Gasteiger partial charge in [0.1, 0.15) is 5.75 Å². The van der Waals surface area contributed by atoms with E-state index < -0.39 is 10.8 Å². The summed E-state index contributed by atoms with van der Waals surface area (Å²) in [6.07, 6.45) is 5.06. The molecule has 0 aliphatic heterocycles. The van der Waals surface area contributed by atoms with E-state index in [4.69, 9.17) is 9.47 Å². The molecule has 0 bridgehead atoms. The number of anilines is 1. The van der Waals surface area contributed by atoms with E-state index in [0.29, 0.717) is 5.69 Å². The van der Waals surface area contributed by atoms with Crippen molar-refractivity contribution in [1.29, 1.82) is 0 Å². The van der Waals surface area contributed by atoms with Crippen molar-refractivity contribution in [1.82, 2.24) is 9.55 Å². The highest BCUT2D eigenvalue weighted by Gasteiger charge is 2.23. The summed E-state index contributed by atoms with van der Waals surface area (Å²) < 4.78 is 12.0. The second kappa shape index (κ2) is 7.56. The number of ether oxygens (including phenoxy) is 2. The molecule has 3 rings (SSSR count). The summed E-state index contributed by atoms with van der Waals surface area (Å²) in [5.74, 6) is -0.364. The minimum Gasteiger partial charge on any atom is -0.496 e. The fourth-order valence-electron chi connectivity index (χ4n) is 2.56. The SMILES string of the molecule is COc1cc(OC)c([N+](=O)[O-])cc1C(=O)Nc1cccc(-n2ccnc2)c1. The number of carbonyl (C=O) groups is 1. The lowest BCUT2D eigenvalue weighted by molar-refractivity contribution is -0.385. The molecule has 1 N–H and O–H groups in total. The molecule has 0 spiro atoms. The Morgan fingerprint density at radius 2 is 1.96 bits per heavy atom.